The number of nitrogens with one attached hydrogen (secondary N) is 1. The average Bonchev–Trinajstić information content (AvgIpc) is 3.06. The molecule has 1 aromatic carbocycles. The quantitative estimate of drug-likeness (QED) is 0.420. The molecule has 11 heteroatoms. The van der Waals surface area contributed by atoms with Crippen LogP contribution >= 0.6 is 11.3 Å². The number of thiazole rings is 1. The predicted octanol–water partition coefficient (Wildman–Crippen LogP) is 3.65. The minimum atomic E-state index is -4.47. The minimum Gasteiger partial charge on any atom is -0.631 e. The van der Waals surface area contributed by atoms with E-state index < -0.39 is 16.7 Å². The molecule has 0 aliphatic rings. The second-order valence-electron chi connectivity index (χ2n) is 5.03. The van der Waals surface area contributed by atoms with Gasteiger partial charge in [-0.3, -0.25) is 10.1 Å². The van der Waals surface area contributed by atoms with Crippen molar-refractivity contribution in [1.29, 1.82) is 0 Å². The molecular weight excluding hydrogens is 385 g/mol. The van der Waals surface area contributed by atoms with Crippen molar-refractivity contribution in [3.8, 4) is 0 Å². The maximum atomic E-state index is 12.8. The number of nitrogens with two attached hydrogens (primary N) is 1. The van der Waals surface area contributed by atoms with Crippen LogP contribution in [0.25, 0.3) is 5.57 Å². The second-order valence-corrected chi connectivity index (χ2v) is 5.89. The van der Waals surface area contributed by atoms with Crippen LogP contribution in [0.3, 0.4) is 0 Å². The number of anilines is 2. The van der Waals surface area contributed by atoms with Crippen molar-refractivity contribution >= 4 is 27.7 Å². The van der Waals surface area contributed by atoms with Crippen LogP contribution in [0.5, 0.6) is 0 Å². The lowest BCUT2D eigenvalue weighted by Gasteiger charge is -2.08. The Labute approximate surface area is 155 Å². The largest absolute Gasteiger partial charge is 0.631 e. The fourth-order valence-corrected chi connectivity index (χ4v) is 2.73. The highest BCUT2D eigenvalue weighted by atomic mass is 32.1. The molecule has 0 fully saturated rings. The Bertz CT molecular complexity index is 906. The van der Waals surface area contributed by atoms with E-state index in [4.69, 9.17) is 0 Å². The number of benzene rings is 1. The third kappa shape index (κ3) is 5.48. The summed E-state index contributed by atoms with van der Waals surface area (Å²) in [6.07, 6.45) is -1.23. The maximum Gasteiger partial charge on any atom is 0.416 e. The van der Waals surface area contributed by atoms with Gasteiger partial charge in [0.25, 0.3) is 5.70 Å². The summed E-state index contributed by atoms with van der Waals surface area (Å²) in [6, 6.07) is 4.59. The third-order valence-corrected chi connectivity index (χ3v) is 3.97. The van der Waals surface area contributed by atoms with Crippen LogP contribution in [0, 0.1) is 15.3 Å². The zero-order valence-corrected chi connectivity index (χ0v) is 14.4. The van der Waals surface area contributed by atoms with E-state index in [1.54, 1.807) is 0 Å². The number of hydrogen-bond donors (Lipinski definition) is 2. The number of rotatable bonds is 7. The van der Waals surface area contributed by atoms with Gasteiger partial charge in [0, 0.05) is 23.2 Å². The number of nitrogens with zero attached hydrogens (tertiary/aromatic N) is 2. The smallest absolute Gasteiger partial charge is 0.416 e. The first-order valence-electron chi connectivity index (χ1n) is 7.28. The van der Waals surface area contributed by atoms with Gasteiger partial charge in [0.15, 0.2) is 5.13 Å². The molecule has 1 heterocycles. The summed E-state index contributed by atoms with van der Waals surface area (Å²) < 4.78 is 38.3. The first kappa shape index (κ1) is 20.3. The highest BCUT2D eigenvalue weighted by Gasteiger charge is 2.30. The Morgan fingerprint density at radius 2 is 2.15 bits per heavy atom. The Morgan fingerprint density at radius 3 is 2.74 bits per heavy atom. The molecule has 3 N–H and O–H groups in total. The molecule has 2 aromatic rings. The minimum absolute atomic E-state index is 0.171. The number of nitro groups is 1. The fraction of sp³-hybridized carbons (Fsp3) is 0.0625. The molecule has 0 saturated heterocycles. The number of allylic oxidation sites excluding steroid dienone is 3. The average molecular weight is 398 g/mol. The van der Waals surface area contributed by atoms with E-state index in [9.17, 15) is 28.5 Å². The number of hydroxylamine groups is 1. The predicted molar refractivity (Wildman–Crippen MR) is 95.4 cm³/mol. The van der Waals surface area contributed by atoms with E-state index in [1.807, 2.05) is 0 Å². The fourth-order valence-electron chi connectivity index (χ4n) is 1.99. The lowest BCUT2D eigenvalue weighted by molar-refractivity contribution is -0.513. The summed E-state index contributed by atoms with van der Waals surface area (Å²) in [5, 5.41) is 26.2. The summed E-state index contributed by atoms with van der Waals surface area (Å²) in [4.78, 5) is 14.4. The number of quaternary nitrogens is 1. The van der Waals surface area contributed by atoms with E-state index >= 15 is 0 Å². The lowest BCUT2D eigenvalue weighted by atomic mass is 10.2. The van der Waals surface area contributed by atoms with Gasteiger partial charge in [-0.1, -0.05) is 12.6 Å². The molecule has 0 saturated carbocycles. The van der Waals surface area contributed by atoms with Gasteiger partial charge in [-0.25, -0.2) is 4.98 Å². The Balaban J connectivity index is 2.28. The van der Waals surface area contributed by atoms with E-state index in [2.05, 4.69) is 16.9 Å². The van der Waals surface area contributed by atoms with Crippen molar-refractivity contribution in [3.63, 3.8) is 0 Å². The van der Waals surface area contributed by atoms with Crippen LogP contribution in [0.15, 0.2) is 60.3 Å². The molecule has 0 aliphatic carbocycles. The van der Waals surface area contributed by atoms with Gasteiger partial charge in [-0.05, 0) is 18.2 Å². The van der Waals surface area contributed by atoms with Crippen molar-refractivity contribution in [2.75, 3.05) is 5.32 Å². The van der Waals surface area contributed by atoms with Gasteiger partial charge in [0.2, 0.25) is 0 Å². The summed E-state index contributed by atoms with van der Waals surface area (Å²) in [7, 11) is 0. The van der Waals surface area contributed by atoms with E-state index in [0.717, 1.165) is 41.8 Å². The van der Waals surface area contributed by atoms with Gasteiger partial charge in [0.05, 0.1) is 21.8 Å². The van der Waals surface area contributed by atoms with Crippen molar-refractivity contribution in [1.82, 2.24) is 4.98 Å². The first-order chi connectivity index (χ1) is 12.7. The van der Waals surface area contributed by atoms with Gasteiger partial charge in [-0.2, -0.15) is 13.2 Å². The van der Waals surface area contributed by atoms with Gasteiger partial charge in [0.1, 0.15) is 6.20 Å². The third-order valence-electron chi connectivity index (χ3n) is 3.21. The monoisotopic (exact) mass is 398 g/mol. The molecule has 0 atom stereocenters. The zero-order valence-electron chi connectivity index (χ0n) is 13.6. The molecule has 0 bridgehead atoms. The van der Waals surface area contributed by atoms with Crippen molar-refractivity contribution in [2.45, 2.75) is 6.18 Å². The zero-order chi connectivity index (χ0) is 20.0. The SMILES string of the molecule is C=C/C(=C\C(=C/[NH2+][O-])c1csc(Nc2cccc(C(F)(F)F)c2)n1)[N+](=O)[O-]. The molecule has 0 aliphatic heterocycles. The number of hydrogen-bond acceptors (Lipinski definition) is 6. The molecule has 142 valence electrons. The molecule has 0 amide bonds. The van der Waals surface area contributed by atoms with E-state index in [-0.39, 0.29) is 27.8 Å². The van der Waals surface area contributed by atoms with Crippen LogP contribution in [-0.4, -0.2) is 9.91 Å². The first-order valence-corrected chi connectivity index (χ1v) is 8.16. The van der Waals surface area contributed by atoms with Gasteiger partial charge < -0.3 is 16.0 Å². The van der Waals surface area contributed by atoms with Crippen molar-refractivity contribution in [3.05, 3.63) is 86.9 Å². The van der Waals surface area contributed by atoms with Crippen molar-refractivity contribution < 1.29 is 23.6 Å². The molecule has 0 unspecified atom stereocenters. The Hall–Kier alpha value is -3.02. The van der Waals surface area contributed by atoms with Crippen LogP contribution in [0.1, 0.15) is 11.3 Å². The summed E-state index contributed by atoms with van der Waals surface area (Å²) >= 11 is 1.07. The molecule has 27 heavy (non-hydrogen) atoms. The summed E-state index contributed by atoms with van der Waals surface area (Å²) in [5.41, 5.74) is -0.0861. The molecule has 1 aromatic heterocycles. The summed E-state index contributed by atoms with van der Waals surface area (Å²) in [5.74, 6) is 0. The molecule has 0 radical (unpaired) electrons. The maximum absolute atomic E-state index is 12.8. The Morgan fingerprint density at radius 1 is 1.41 bits per heavy atom. The van der Waals surface area contributed by atoms with Crippen LogP contribution < -0.4 is 10.8 Å². The topological polar surface area (TPSA) is 108 Å². The highest BCUT2D eigenvalue weighted by Crippen LogP contribution is 2.32. The van der Waals surface area contributed by atoms with E-state index in [0.29, 0.717) is 5.48 Å². The molecular formula is C16H13F3N4O3S. The van der Waals surface area contributed by atoms with Crippen LogP contribution in [0.4, 0.5) is 24.0 Å². The van der Waals surface area contributed by atoms with E-state index in [1.165, 1.54) is 17.5 Å². The number of halogens is 3. The van der Waals surface area contributed by atoms with Gasteiger partial charge in [-0.15, -0.1) is 11.3 Å². The number of alkyl halides is 3. The standard InChI is InChI=1S/C16H13F3N4O3S/c1-2-13(23(25)26)6-10(8-20-24)14-9-27-15(22-14)21-12-5-3-4-11(7-12)16(17,18)19/h2-9H,1,20H2,(H,21,22)/b10-8+,13-6+. The van der Waals surface area contributed by atoms with Crippen LogP contribution in [-0.2, 0) is 6.18 Å². The molecule has 2 rings (SSSR count). The Kier molecular flexibility index (Phi) is 6.45. The molecule has 7 nitrogen and oxygen atoms in total. The lowest BCUT2D eigenvalue weighted by Crippen LogP contribution is -2.70. The van der Waals surface area contributed by atoms with Crippen LogP contribution in [0.2, 0.25) is 0 Å². The normalized spacial score (nSPS) is 12.7. The van der Waals surface area contributed by atoms with Crippen molar-refractivity contribution in [2.24, 2.45) is 0 Å². The highest BCUT2D eigenvalue weighted by molar-refractivity contribution is 7.13. The second kappa shape index (κ2) is 8.58. The molecule has 0 spiro atoms. The van der Waals surface area contributed by atoms with Gasteiger partial charge >= 0.3 is 6.18 Å². The summed E-state index contributed by atoms with van der Waals surface area (Å²) in [6.45, 7) is 3.33. The number of aromatic nitrogens is 1.